The van der Waals surface area contributed by atoms with Gasteiger partial charge in [-0.3, -0.25) is 0 Å². The van der Waals surface area contributed by atoms with Gasteiger partial charge in [-0.1, -0.05) is 13.5 Å². The van der Waals surface area contributed by atoms with E-state index in [0.29, 0.717) is 18.8 Å². The summed E-state index contributed by atoms with van der Waals surface area (Å²) >= 11 is 7.01. The maximum absolute atomic E-state index is 6.31. The molecule has 0 atom stereocenters. The van der Waals surface area contributed by atoms with E-state index in [0.717, 1.165) is 0 Å². The van der Waals surface area contributed by atoms with Crippen LogP contribution in [0.1, 0.15) is 12.5 Å². The molecule has 0 saturated heterocycles. The van der Waals surface area contributed by atoms with Gasteiger partial charge in [0.1, 0.15) is 0 Å². The van der Waals surface area contributed by atoms with Crippen LogP contribution in [-0.2, 0) is 11.3 Å². The molecular weight excluding hydrogens is 805 g/mol. The molecule has 0 fully saturated rings. The standard InChI is InChI=1S/C9H8I3O.C4H6N.U/c1-2-13-5-6-3-7(10)4-8(11)9(6)12;1-4(2)3-5;/h3-4H,1-2,5H2;5H,1H2,2H3;/q2*-1;+2. The Labute approximate surface area is 180 Å². The van der Waals surface area contributed by atoms with E-state index >= 15 is 0 Å². The van der Waals surface area contributed by atoms with Gasteiger partial charge in [-0.05, 0) is 85.5 Å². The molecule has 6 heteroatoms. The van der Waals surface area contributed by atoms with Gasteiger partial charge in [0.2, 0.25) is 0 Å². The van der Waals surface area contributed by atoms with Crippen molar-refractivity contribution in [3.8, 4) is 0 Å². The number of rotatable bonds is 4. The van der Waals surface area contributed by atoms with Gasteiger partial charge in [-0.15, -0.1) is 0 Å². The fourth-order valence-corrected chi connectivity index (χ4v) is 3.33. The predicted octanol–water partition coefficient (Wildman–Crippen LogP) is 4.94. The van der Waals surface area contributed by atoms with E-state index in [9.17, 15) is 0 Å². The molecule has 0 aliphatic rings. The molecule has 2 nitrogen and oxygen atoms in total. The fourth-order valence-electron chi connectivity index (χ4n) is 0.896. The number of benzene rings is 1. The van der Waals surface area contributed by atoms with Crippen LogP contribution in [0.2, 0.25) is 0 Å². The number of hydrogen-bond acceptors (Lipinski definition) is 2. The molecule has 0 saturated carbocycles. The second-order valence-electron chi connectivity index (χ2n) is 3.32. The van der Waals surface area contributed by atoms with Crippen molar-refractivity contribution in [3.63, 3.8) is 0 Å². The third kappa shape index (κ3) is 11.1. The Kier molecular flexibility index (Phi) is 16.4. The molecule has 1 aromatic rings. The summed E-state index contributed by atoms with van der Waals surface area (Å²) in [6, 6.07) is 4.32. The van der Waals surface area contributed by atoms with Crippen LogP contribution in [0.15, 0.2) is 24.3 Å². The minimum atomic E-state index is 0. The summed E-state index contributed by atoms with van der Waals surface area (Å²) in [7, 11) is 0. The zero-order valence-electron chi connectivity index (χ0n) is 10.5. The number of nitrogens with one attached hydrogen (secondary N) is 1. The van der Waals surface area contributed by atoms with Crippen LogP contribution < -0.4 is 0 Å². The molecule has 0 aliphatic carbocycles. The van der Waals surface area contributed by atoms with Crippen molar-refractivity contribution in [2.24, 2.45) is 0 Å². The molecule has 0 spiro atoms. The van der Waals surface area contributed by atoms with Crippen molar-refractivity contribution in [1.29, 1.82) is 5.41 Å². The van der Waals surface area contributed by atoms with E-state index in [2.05, 4.69) is 99.6 Å². The van der Waals surface area contributed by atoms with E-state index in [4.69, 9.17) is 10.1 Å². The number of halogens is 3. The number of ether oxygens (including phenoxy) is 1. The van der Waals surface area contributed by atoms with Crippen molar-refractivity contribution in [2.45, 2.75) is 13.5 Å². The molecule has 1 N–H and O–H groups in total. The maximum atomic E-state index is 6.31. The second kappa shape index (κ2) is 13.5. The van der Waals surface area contributed by atoms with E-state index in [1.807, 2.05) is 0 Å². The van der Waals surface area contributed by atoms with Gasteiger partial charge in [0, 0.05) is 10.7 Å². The SMILES string of the molecule is C=C(C)[C-]=N.[CH2-]COCc1cc(I)cc(I)c1I.[U+2]. The van der Waals surface area contributed by atoms with Gasteiger partial charge >= 0.3 is 31.1 Å². The first-order valence-electron chi connectivity index (χ1n) is 5.01. The molecule has 0 aliphatic heterocycles. The fraction of sp³-hybridized carbons (Fsp3) is 0.231. The molecule has 19 heavy (non-hydrogen) atoms. The first kappa shape index (κ1) is 23.1. The quantitative estimate of drug-likeness (QED) is 0.199. The zero-order valence-corrected chi connectivity index (χ0v) is 21.2. The monoisotopic (exact) mass is 819 g/mol. The molecular formula is C13H14I3NOU. The van der Waals surface area contributed by atoms with Crippen LogP contribution in [0, 0.1) is 54.2 Å². The van der Waals surface area contributed by atoms with Gasteiger partial charge in [0.25, 0.3) is 0 Å². The van der Waals surface area contributed by atoms with E-state index in [1.165, 1.54) is 16.3 Å². The molecule has 102 valence electrons. The predicted molar refractivity (Wildman–Crippen MR) is 102 cm³/mol. The molecule has 0 radical (unpaired) electrons. The van der Waals surface area contributed by atoms with Crippen LogP contribution in [0.25, 0.3) is 0 Å². The molecule has 0 aromatic heterocycles. The smallest absolute Gasteiger partial charge is 0.412 e. The summed E-state index contributed by atoms with van der Waals surface area (Å²) in [4.78, 5) is 0. The van der Waals surface area contributed by atoms with Crippen LogP contribution >= 0.6 is 67.8 Å². The molecule has 0 unspecified atom stereocenters. The number of allylic oxidation sites excluding steroid dienone is 1. The van der Waals surface area contributed by atoms with Gasteiger partial charge in [-0.25, -0.2) is 12.2 Å². The number of hydrogen-bond donors (Lipinski definition) is 1. The largest absolute Gasteiger partial charge is 2.00 e. The van der Waals surface area contributed by atoms with Crippen molar-refractivity contribution < 1.29 is 35.9 Å². The van der Waals surface area contributed by atoms with Gasteiger partial charge in [-0.2, -0.15) is 6.21 Å². The molecule has 0 bridgehead atoms. The topological polar surface area (TPSA) is 33.1 Å². The Hall–Kier alpha value is 1.83. The van der Waals surface area contributed by atoms with E-state index in [-0.39, 0.29) is 31.1 Å². The molecule has 1 rings (SSSR count). The van der Waals surface area contributed by atoms with E-state index in [1.54, 1.807) is 6.92 Å². The second-order valence-corrected chi connectivity index (χ2v) is 6.81. The first-order valence-corrected chi connectivity index (χ1v) is 8.24. The summed E-state index contributed by atoms with van der Waals surface area (Å²) in [5.41, 5.74) is 1.92. The van der Waals surface area contributed by atoms with Crippen molar-refractivity contribution in [3.05, 3.63) is 47.5 Å². The Morgan fingerprint density at radius 3 is 2.37 bits per heavy atom. The first-order chi connectivity index (χ1) is 8.42. The summed E-state index contributed by atoms with van der Waals surface area (Å²) in [6.07, 6.45) is 2.08. The van der Waals surface area contributed by atoms with Crippen molar-refractivity contribution in [2.75, 3.05) is 6.61 Å². The van der Waals surface area contributed by atoms with Gasteiger partial charge < -0.3 is 17.1 Å². The normalized spacial score (nSPS) is 8.89. The third-order valence-electron chi connectivity index (χ3n) is 1.68. The Bertz CT molecular complexity index is 425. The molecule has 0 heterocycles. The average molecular weight is 819 g/mol. The molecule has 1 aromatic carbocycles. The minimum Gasteiger partial charge on any atom is -0.412 e. The Morgan fingerprint density at radius 1 is 1.42 bits per heavy atom. The third-order valence-corrected chi connectivity index (χ3v) is 5.46. The van der Waals surface area contributed by atoms with Crippen LogP contribution in [0.3, 0.4) is 0 Å². The van der Waals surface area contributed by atoms with Gasteiger partial charge in [0.15, 0.2) is 0 Å². The maximum Gasteiger partial charge on any atom is 2.00 e. The zero-order chi connectivity index (χ0) is 14.1. The van der Waals surface area contributed by atoms with Crippen LogP contribution in [0.4, 0.5) is 0 Å². The summed E-state index contributed by atoms with van der Waals surface area (Å²) in [5.74, 6) is 0. The summed E-state index contributed by atoms with van der Waals surface area (Å²) < 4.78 is 9.11. The van der Waals surface area contributed by atoms with E-state index < -0.39 is 0 Å². The van der Waals surface area contributed by atoms with Gasteiger partial charge in [0.05, 0.1) is 6.61 Å². The van der Waals surface area contributed by atoms with Crippen LogP contribution in [-0.4, -0.2) is 12.8 Å². The van der Waals surface area contributed by atoms with Crippen LogP contribution in [0.5, 0.6) is 0 Å². The van der Waals surface area contributed by atoms with Crippen molar-refractivity contribution in [1.82, 2.24) is 0 Å². The Balaban J connectivity index is 0. The molecule has 0 amide bonds. The Morgan fingerprint density at radius 2 is 1.95 bits per heavy atom. The average Bonchev–Trinajstić information content (AvgIpc) is 2.32. The minimum absolute atomic E-state index is 0. The summed E-state index contributed by atoms with van der Waals surface area (Å²) in [5, 5.41) is 6.31. The van der Waals surface area contributed by atoms with Crippen molar-refractivity contribution >= 4 is 74.0 Å². The summed E-state index contributed by atoms with van der Waals surface area (Å²) in [6.45, 7) is 9.94.